The first-order valence-electron chi connectivity index (χ1n) is 12.4. The zero-order valence-corrected chi connectivity index (χ0v) is 21.8. The van der Waals surface area contributed by atoms with Crippen molar-refractivity contribution in [3.63, 3.8) is 0 Å². The van der Waals surface area contributed by atoms with Gasteiger partial charge in [0.05, 0.1) is 35.6 Å². The first-order chi connectivity index (χ1) is 18.1. The van der Waals surface area contributed by atoms with Crippen LogP contribution in [0.5, 0.6) is 5.75 Å². The van der Waals surface area contributed by atoms with Crippen LogP contribution in [0.3, 0.4) is 0 Å². The zero-order valence-electron chi connectivity index (χ0n) is 21.8. The fourth-order valence-electron chi connectivity index (χ4n) is 5.12. The number of benzene rings is 1. The predicted molar refractivity (Wildman–Crippen MR) is 138 cm³/mol. The van der Waals surface area contributed by atoms with Crippen molar-refractivity contribution in [2.45, 2.75) is 38.6 Å². The summed E-state index contributed by atoms with van der Waals surface area (Å²) in [5.41, 5.74) is 1.89. The molecule has 0 spiro atoms. The molecule has 0 fully saturated rings. The highest BCUT2D eigenvalue weighted by molar-refractivity contribution is 5.90. The number of carbonyl (C=O) groups is 2. The molecule has 5 rings (SSSR count). The maximum absolute atomic E-state index is 13.5. The van der Waals surface area contributed by atoms with E-state index in [2.05, 4.69) is 0 Å². The minimum absolute atomic E-state index is 0.0700. The van der Waals surface area contributed by atoms with Gasteiger partial charge in [0, 0.05) is 36.7 Å². The molecule has 1 amide bonds. The lowest BCUT2D eigenvalue weighted by Crippen LogP contribution is -2.44. The van der Waals surface area contributed by atoms with Crippen molar-refractivity contribution in [1.29, 1.82) is 0 Å². The molecule has 2 N–H and O–H groups in total. The average molecular weight is 523 g/mol. The van der Waals surface area contributed by atoms with Crippen LogP contribution in [0, 0.1) is 0 Å². The van der Waals surface area contributed by atoms with Crippen molar-refractivity contribution in [2.24, 2.45) is 0 Å². The monoisotopic (exact) mass is 522 g/mol. The van der Waals surface area contributed by atoms with E-state index in [1.54, 1.807) is 35.8 Å². The Morgan fingerprint density at radius 2 is 1.97 bits per heavy atom. The van der Waals surface area contributed by atoms with E-state index in [-0.39, 0.29) is 49.4 Å². The highest BCUT2D eigenvalue weighted by Crippen LogP contribution is 2.40. The Hall–Kier alpha value is -3.80. The molecule has 2 aliphatic rings. The van der Waals surface area contributed by atoms with E-state index in [9.17, 15) is 19.5 Å². The molecule has 4 heterocycles. The van der Waals surface area contributed by atoms with Gasteiger partial charge in [-0.3, -0.25) is 4.79 Å². The van der Waals surface area contributed by atoms with Crippen LogP contribution in [0.1, 0.15) is 35.6 Å². The summed E-state index contributed by atoms with van der Waals surface area (Å²) in [5.74, 6) is -0.428. The molecule has 0 unspecified atom stereocenters. The molecule has 2 aromatic heterocycles. The van der Waals surface area contributed by atoms with Crippen LogP contribution in [0.4, 0.5) is 4.79 Å². The summed E-state index contributed by atoms with van der Waals surface area (Å²) < 4.78 is 12.3. The fraction of sp³-hybridized carbons (Fsp3) is 0.407. The number of nitrogens with zero attached hydrogens (tertiary/aromatic N) is 4. The molecule has 0 aliphatic carbocycles. The van der Waals surface area contributed by atoms with Gasteiger partial charge in [0.1, 0.15) is 12.4 Å². The molecule has 11 heteroatoms. The summed E-state index contributed by atoms with van der Waals surface area (Å²) in [4.78, 5) is 46.5. The number of hydrogen-bond donors (Lipinski definition) is 2. The topological polar surface area (TPSA) is 134 Å². The van der Waals surface area contributed by atoms with E-state index in [0.717, 1.165) is 16.5 Å². The second-order valence-electron chi connectivity index (χ2n) is 9.95. The first kappa shape index (κ1) is 25.8. The summed E-state index contributed by atoms with van der Waals surface area (Å²) in [6.45, 7) is 2.25. The molecule has 0 radical (unpaired) electrons. The minimum atomic E-state index is -1.89. The Balaban J connectivity index is 1.67. The molecule has 38 heavy (non-hydrogen) atoms. The molecular formula is C27H30N4O7. The standard InChI is InChI=1S/C27H30N4O7/c1-5-27(36)20-11-22-23-18(13-31(22)24(33)19(20)14-37-25(27)34)17(12-29(2)3)16-10-15(6-7-21(16)28-23)38-26(35)30(4)8-9-32/h6-7,10-11,32,36H,5,8-9,12-14H2,1-4H3/t27-/m0/s1. The lowest BCUT2D eigenvalue weighted by molar-refractivity contribution is -0.172. The summed E-state index contributed by atoms with van der Waals surface area (Å²) in [7, 11) is 5.41. The lowest BCUT2D eigenvalue weighted by Gasteiger charge is -2.31. The average Bonchev–Trinajstić information content (AvgIpc) is 3.25. The second kappa shape index (κ2) is 9.50. The van der Waals surface area contributed by atoms with E-state index in [1.165, 1.54) is 11.9 Å². The van der Waals surface area contributed by atoms with Crippen LogP contribution in [-0.4, -0.2) is 75.9 Å². The van der Waals surface area contributed by atoms with E-state index < -0.39 is 17.7 Å². The van der Waals surface area contributed by atoms with Gasteiger partial charge in [0.15, 0.2) is 5.60 Å². The zero-order chi connectivity index (χ0) is 27.4. The van der Waals surface area contributed by atoms with Crippen molar-refractivity contribution >= 4 is 23.0 Å². The van der Waals surface area contributed by atoms with Gasteiger partial charge in [-0.05, 0) is 50.3 Å². The van der Waals surface area contributed by atoms with Crippen LogP contribution >= 0.6 is 0 Å². The number of fused-ring (bicyclic) bond motifs is 5. The lowest BCUT2D eigenvalue weighted by atomic mass is 9.86. The van der Waals surface area contributed by atoms with E-state index in [0.29, 0.717) is 29.2 Å². The van der Waals surface area contributed by atoms with Crippen molar-refractivity contribution in [1.82, 2.24) is 19.4 Å². The number of pyridine rings is 2. The molecule has 11 nitrogen and oxygen atoms in total. The summed E-state index contributed by atoms with van der Waals surface area (Å²) in [6.07, 6.45) is -0.521. The largest absolute Gasteiger partial charge is 0.458 e. The number of rotatable bonds is 6. The molecule has 200 valence electrons. The normalized spacial score (nSPS) is 17.7. The number of amides is 1. The highest BCUT2D eigenvalue weighted by atomic mass is 16.6. The Labute approximate surface area is 218 Å². The first-order valence-corrected chi connectivity index (χ1v) is 12.4. The van der Waals surface area contributed by atoms with Crippen molar-refractivity contribution < 1.29 is 29.3 Å². The number of esters is 1. The van der Waals surface area contributed by atoms with Crippen LogP contribution in [0.15, 0.2) is 29.1 Å². The van der Waals surface area contributed by atoms with Crippen LogP contribution in [0.25, 0.3) is 22.3 Å². The van der Waals surface area contributed by atoms with Crippen molar-refractivity contribution in [2.75, 3.05) is 34.3 Å². The van der Waals surface area contributed by atoms with Gasteiger partial charge in [-0.2, -0.15) is 0 Å². The Kier molecular flexibility index (Phi) is 6.46. The van der Waals surface area contributed by atoms with Crippen LogP contribution < -0.4 is 10.3 Å². The number of cyclic esters (lactones) is 1. The molecular weight excluding hydrogens is 492 g/mol. The predicted octanol–water partition coefficient (Wildman–Crippen LogP) is 1.56. The Bertz CT molecular complexity index is 1530. The summed E-state index contributed by atoms with van der Waals surface area (Å²) in [6, 6.07) is 6.85. The smallest absolute Gasteiger partial charge is 0.415 e. The maximum atomic E-state index is 13.5. The minimum Gasteiger partial charge on any atom is -0.458 e. The molecule has 0 bridgehead atoms. The van der Waals surface area contributed by atoms with Crippen LogP contribution in [-0.2, 0) is 34.8 Å². The highest BCUT2D eigenvalue weighted by Gasteiger charge is 2.45. The number of ether oxygens (including phenoxy) is 2. The third kappa shape index (κ3) is 4.03. The molecule has 1 atom stereocenters. The van der Waals surface area contributed by atoms with Crippen molar-refractivity contribution in [3.8, 4) is 17.1 Å². The number of hydrogen-bond acceptors (Lipinski definition) is 9. The third-order valence-electron chi connectivity index (χ3n) is 7.20. The Morgan fingerprint density at radius 3 is 2.66 bits per heavy atom. The summed E-state index contributed by atoms with van der Waals surface area (Å²) >= 11 is 0. The number of aliphatic hydroxyl groups is 2. The fourth-order valence-corrected chi connectivity index (χ4v) is 5.12. The summed E-state index contributed by atoms with van der Waals surface area (Å²) in [5, 5.41) is 21.0. The number of carbonyl (C=O) groups excluding carboxylic acids is 2. The van der Waals surface area contributed by atoms with Gasteiger partial charge in [-0.25, -0.2) is 14.6 Å². The number of aromatic nitrogens is 2. The van der Waals surface area contributed by atoms with Gasteiger partial charge < -0.3 is 34.1 Å². The maximum Gasteiger partial charge on any atom is 0.415 e. The van der Waals surface area contributed by atoms with E-state index in [4.69, 9.17) is 19.6 Å². The van der Waals surface area contributed by atoms with Gasteiger partial charge in [0.2, 0.25) is 0 Å². The van der Waals surface area contributed by atoms with Crippen molar-refractivity contribution in [3.05, 3.63) is 56.9 Å². The second-order valence-corrected chi connectivity index (χ2v) is 9.95. The van der Waals surface area contributed by atoms with E-state index in [1.807, 2.05) is 19.0 Å². The molecule has 2 aliphatic heterocycles. The number of aliphatic hydroxyl groups excluding tert-OH is 1. The quantitative estimate of drug-likeness (QED) is 0.362. The molecule has 0 saturated heterocycles. The van der Waals surface area contributed by atoms with Gasteiger partial charge in [0.25, 0.3) is 5.56 Å². The SMILES string of the molecule is CC[C@@]1(O)C(=O)OCc2c1cc1n(c2=O)Cc2c-1nc1ccc(OC(=O)N(C)CCO)cc1c2CN(C)C. The van der Waals surface area contributed by atoms with E-state index >= 15 is 0 Å². The van der Waals surface area contributed by atoms with Gasteiger partial charge >= 0.3 is 12.1 Å². The van der Waals surface area contributed by atoms with Crippen LogP contribution in [0.2, 0.25) is 0 Å². The Morgan fingerprint density at radius 1 is 1.21 bits per heavy atom. The third-order valence-corrected chi connectivity index (χ3v) is 7.20. The molecule has 1 aromatic carbocycles. The van der Waals surface area contributed by atoms with Gasteiger partial charge in [-0.15, -0.1) is 0 Å². The number of likely N-dealkylation sites (N-methyl/N-ethyl adjacent to an activating group) is 1. The molecule has 0 saturated carbocycles. The molecule has 3 aromatic rings. The van der Waals surface area contributed by atoms with Gasteiger partial charge in [-0.1, -0.05) is 6.92 Å².